The smallest absolute Gasteiger partial charge is 0.237 e. The molecule has 0 saturated carbocycles. The van der Waals surface area contributed by atoms with Crippen LogP contribution in [0, 0.1) is 5.92 Å². The lowest BCUT2D eigenvalue weighted by Crippen LogP contribution is -2.52. The van der Waals surface area contributed by atoms with Gasteiger partial charge in [-0.2, -0.15) is 0 Å². The number of likely N-dealkylation sites (N-methyl/N-ethyl adjacent to an activating group) is 1. The number of rotatable bonds is 5. The summed E-state index contributed by atoms with van der Waals surface area (Å²) in [6.07, 6.45) is 2.45. The molecule has 1 heterocycles. The SMILES string of the molecule is CCN(CC1CCNCC1)C(C)C(=O)NC(C)(C)C. The fourth-order valence-electron chi connectivity index (χ4n) is 2.60. The van der Waals surface area contributed by atoms with Gasteiger partial charge in [-0.05, 0) is 66.1 Å². The summed E-state index contributed by atoms with van der Waals surface area (Å²) in [6.45, 7) is 14.4. The van der Waals surface area contributed by atoms with E-state index in [9.17, 15) is 4.79 Å². The molecule has 1 saturated heterocycles. The number of carbonyl (C=O) groups excluding carboxylic acids is 1. The van der Waals surface area contributed by atoms with Gasteiger partial charge in [-0.25, -0.2) is 0 Å². The van der Waals surface area contributed by atoms with Crippen molar-refractivity contribution >= 4 is 5.91 Å². The van der Waals surface area contributed by atoms with Gasteiger partial charge in [-0.1, -0.05) is 6.92 Å². The van der Waals surface area contributed by atoms with Crippen molar-refractivity contribution in [3.63, 3.8) is 0 Å². The molecular formula is C15H31N3O. The molecule has 0 aromatic rings. The summed E-state index contributed by atoms with van der Waals surface area (Å²) in [4.78, 5) is 14.5. The second-order valence-corrected chi connectivity index (χ2v) is 6.70. The molecule has 0 spiro atoms. The Bertz CT molecular complexity index is 280. The first-order valence-corrected chi connectivity index (χ1v) is 7.60. The van der Waals surface area contributed by atoms with E-state index in [1.54, 1.807) is 0 Å². The van der Waals surface area contributed by atoms with E-state index in [4.69, 9.17) is 0 Å². The predicted molar refractivity (Wildman–Crippen MR) is 80.2 cm³/mol. The number of hydrogen-bond acceptors (Lipinski definition) is 3. The van der Waals surface area contributed by atoms with Crippen molar-refractivity contribution < 1.29 is 4.79 Å². The Hall–Kier alpha value is -0.610. The van der Waals surface area contributed by atoms with Gasteiger partial charge in [-0.15, -0.1) is 0 Å². The van der Waals surface area contributed by atoms with Crippen LogP contribution in [0.5, 0.6) is 0 Å². The fourth-order valence-corrected chi connectivity index (χ4v) is 2.60. The van der Waals surface area contributed by atoms with Crippen LogP contribution in [0.15, 0.2) is 0 Å². The molecule has 1 atom stereocenters. The summed E-state index contributed by atoms with van der Waals surface area (Å²) in [7, 11) is 0. The first-order chi connectivity index (χ1) is 8.83. The van der Waals surface area contributed by atoms with Gasteiger partial charge < -0.3 is 10.6 Å². The third-order valence-electron chi connectivity index (χ3n) is 3.78. The molecule has 4 heteroatoms. The Morgan fingerprint density at radius 2 is 1.95 bits per heavy atom. The highest BCUT2D eigenvalue weighted by atomic mass is 16.2. The van der Waals surface area contributed by atoms with Crippen molar-refractivity contribution in [2.75, 3.05) is 26.2 Å². The van der Waals surface area contributed by atoms with Crippen LogP contribution < -0.4 is 10.6 Å². The molecule has 19 heavy (non-hydrogen) atoms. The van der Waals surface area contributed by atoms with Crippen LogP contribution in [0.2, 0.25) is 0 Å². The predicted octanol–water partition coefficient (Wildman–Crippen LogP) is 1.61. The van der Waals surface area contributed by atoms with Crippen molar-refractivity contribution in [2.45, 2.75) is 59.0 Å². The molecule has 0 aliphatic carbocycles. The molecule has 112 valence electrons. The Morgan fingerprint density at radius 1 is 1.37 bits per heavy atom. The van der Waals surface area contributed by atoms with Crippen molar-refractivity contribution in [1.82, 2.24) is 15.5 Å². The van der Waals surface area contributed by atoms with Crippen LogP contribution in [0.25, 0.3) is 0 Å². The van der Waals surface area contributed by atoms with Crippen molar-refractivity contribution in [3.8, 4) is 0 Å². The Kier molecular flexibility index (Phi) is 6.27. The Morgan fingerprint density at radius 3 is 2.42 bits per heavy atom. The molecule has 0 aromatic carbocycles. The van der Waals surface area contributed by atoms with E-state index in [0.717, 1.165) is 32.1 Å². The molecule has 1 unspecified atom stereocenters. The normalized spacial score (nSPS) is 19.5. The van der Waals surface area contributed by atoms with Gasteiger partial charge in [0, 0.05) is 12.1 Å². The van der Waals surface area contributed by atoms with Gasteiger partial charge in [0.2, 0.25) is 5.91 Å². The van der Waals surface area contributed by atoms with Gasteiger partial charge in [0.05, 0.1) is 6.04 Å². The van der Waals surface area contributed by atoms with Crippen molar-refractivity contribution in [1.29, 1.82) is 0 Å². The fraction of sp³-hybridized carbons (Fsp3) is 0.933. The van der Waals surface area contributed by atoms with Crippen LogP contribution in [0.4, 0.5) is 0 Å². The lowest BCUT2D eigenvalue weighted by atomic mass is 9.97. The summed E-state index contributed by atoms with van der Waals surface area (Å²) >= 11 is 0. The largest absolute Gasteiger partial charge is 0.350 e. The van der Waals surface area contributed by atoms with E-state index in [0.29, 0.717) is 0 Å². The Labute approximate surface area is 118 Å². The van der Waals surface area contributed by atoms with Crippen LogP contribution in [-0.4, -0.2) is 48.6 Å². The Balaban J connectivity index is 2.50. The maximum atomic E-state index is 12.2. The van der Waals surface area contributed by atoms with Gasteiger partial charge in [-0.3, -0.25) is 9.69 Å². The maximum Gasteiger partial charge on any atom is 0.237 e. The van der Waals surface area contributed by atoms with E-state index in [-0.39, 0.29) is 17.5 Å². The minimum Gasteiger partial charge on any atom is -0.350 e. The van der Waals surface area contributed by atoms with Gasteiger partial charge in [0.15, 0.2) is 0 Å². The molecule has 2 N–H and O–H groups in total. The molecule has 1 rings (SSSR count). The third kappa shape index (κ3) is 5.91. The minimum atomic E-state index is -0.153. The first-order valence-electron chi connectivity index (χ1n) is 7.60. The molecular weight excluding hydrogens is 238 g/mol. The molecule has 1 fully saturated rings. The maximum absolute atomic E-state index is 12.2. The molecule has 0 bridgehead atoms. The van der Waals surface area contributed by atoms with E-state index >= 15 is 0 Å². The van der Waals surface area contributed by atoms with E-state index in [2.05, 4.69) is 22.5 Å². The standard InChI is InChI=1S/C15H31N3O/c1-6-18(11-13-7-9-16-10-8-13)12(2)14(19)17-15(3,4)5/h12-13,16H,6-11H2,1-5H3,(H,17,19). The zero-order chi connectivity index (χ0) is 14.5. The number of nitrogens with one attached hydrogen (secondary N) is 2. The molecule has 4 nitrogen and oxygen atoms in total. The number of amides is 1. The van der Waals surface area contributed by atoms with Crippen LogP contribution in [0.1, 0.15) is 47.5 Å². The summed E-state index contributed by atoms with van der Waals surface area (Å²) in [5.41, 5.74) is -0.153. The highest BCUT2D eigenvalue weighted by Gasteiger charge is 2.26. The first kappa shape index (κ1) is 16.4. The third-order valence-corrected chi connectivity index (χ3v) is 3.78. The summed E-state index contributed by atoms with van der Waals surface area (Å²) in [6, 6.07) is -0.0425. The average Bonchev–Trinajstić information content (AvgIpc) is 2.34. The second kappa shape index (κ2) is 7.25. The minimum absolute atomic E-state index is 0.0425. The van der Waals surface area contributed by atoms with E-state index in [1.807, 2.05) is 27.7 Å². The quantitative estimate of drug-likeness (QED) is 0.797. The number of piperidine rings is 1. The van der Waals surface area contributed by atoms with Crippen molar-refractivity contribution in [2.24, 2.45) is 5.92 Å². The lowest BCUT2D eigenvalue weighted by molar-refractivity contribution is -0.127. The zero-order valence-corrected chi connectivity index (χ0v) is 13.3. The van der Waals surface area contributed by atoms with Crippen LogP contribution >= 0.6 is 0 Å². The number of nitrogens with zero attached hydrogens (tertiary/aromatic N) is 1. The number of hydrogen-bond donors (Lipinski definition) is 2. The number of carbonyl (C=O) groups is 1. The summed E-state index contributed by atoms with van der Waals surface area (Å²) in [5.74, 6) is 0.870. The van der Waals surface area contributed by atoms with Gasteiger partial charge >= 0.3 is 0 Å². The monoisotopic (exact) mass is 269 g/mol. The van der Waals surface area contributed by atoms with Crippen LogP contribution in [0.3, 0.4) is 0 Å². The van der Waals surface area contributed by atoms with Crippen LogP contribution in [-0.2, 0) is 4.79 Å². The highest BCUT2D eigenvalue weighted by molar-refractivity contribution is 5.81. The summed E-state index contributed by atoms with van der Waals surface area (Å²) in [5, 5.41) is 6.47. The molecule has 1 aliphatic rings. The highest BCUT2D eigenvalue weighted by Crippen LogP contribution is 2.15. The van der Waals surface area contributed by atoms with Gasteiger partial charge in [0.1, 0.15) is 0 Å². The molecule has 1 aliphatic heterocycles. The molecule has 0 aromatic heterocycles. The van der Waals surface area contributed by atoms with Crippen molar-refractivity contribution in [3.05, 3.63) is 0 Å². The van der Waals surface area contributed by atoms with E-state index in [1.165, 1.54) is 12.8 Å². The molecule has 1 amide bonds. The summed E-state index contributed by atoms with van der Waals surface area (Å²) < 4.78 is 0. The zero-order valence-electron chi connectivity index (χ0n) is 13.3. The topological polar surface area (TPSA) is 44.4 Å². The average molecular weight is 269 g/mol. The van der Waals surface area contributed by atoms with E-state index < -0.39 is 0 Å². The lowest BCUT2D eigenvalue weighted by Gasteiger charge is -2.34. The molecule has 0 radical (unpaired) electrons. The van der Waals surface area contributed by atoms with Gasteiger partial charge in [0.25, 0.3) is 0 Å². The second-order valence-electron chi connectivity index (χ2n) is 6.70.